The van der Waals surface area contributed by atoms with Crippen LogP contribution in [-0.2, 0) is 9.47 Å². The number of rotatable bonds is 3. The molecule has 0 unspecified atom stereocenters. The molecular weight excluding hydrogens is 164 g/mol. The molecule has 74 valence electrons. The molecule has 2 heteroatoms. The number of ether oxygens (including phenoxy) is 2. The lowest BCUT2D eigenvalue weighted by molar-refractivity contribution is -0.231. The van der Waals surface area contributed by atoms with E-state index in [0.29, 0.717) is 11.8 Å². The van der Waals surface area contributed by atoms with Gasteiger partial charge < -0.3 is 9.47 Å². The van der Waals surface area contributed by atoms with Gasteiger partial charge in [-0.15, -0.1) is 0 Å². The summed E-state index contributed by atoms with van der Waals surface area (Å²) in [6, 6.07) is 0. The van der Waals surface area contributed by atoms with Gasteiger partial charge >= 0.3 is 0 Å². The van der Waals surface area contributed by atoms with Crippen LogP contribution in [0, 0.1) is 11.8 Å². The molecule has 1 aliphatic heterocycles. The van der Waals surface area contributed by atoms with Crippen molar-refractivity contribution in [2.45, 2.75) is 19.6 Å². The first-order valence-corrected chi connectivity index (χ1v) is 4.68. The summed E-state index contributed by atoms with van der Waals surface area (Å²) in [5.41, 5.74) is 0. The van der Waals surface area contributed by atoms with Crippen LogP contribution in [0.5, 0.6) is 0 Å². The maximum Gasteiger partial charge on any atom is 0.207 e. The fourth-order valence-corrected chi connectivity index (χ4v) is 1.27. The molecule has 0 N–H and O–H groups in total. The van der Waals surface area contributed by atoms with Crippen molar-refractivity contribution in [3.8, 4) is 0 Å². The third-order valence-corrected chi connectivity index (χ3v) is 2.56. The maximum atomic E-state index is 5.58. The van der Waals surface area contributed by atoms with E-state index in [0.717, 1.165) is 13.2 Å². The van der Waals surface area contributed by atoms with Gasteiger partial charge in [0.2, 0.25) is 5.79 Å². The lowest BCUT2D eigenvalue weighted by Gasteiger charge is -2.37. The zero-order chi connectivity index (χ0) is 9.90. The van der Waals surface area contributed by atoms with Gasteiger partial charge in [-0.25, -0.2) is 0 Å². The van der Waals surface area contributed by atoms with Gasteiger partial charge in [-0.3, -0.25) is 0 Å². The van der Waals surface area contributed by atoms with E-state index in [2.05, 4.69) is 27.0 Å². The van der Waals surface area contributed by atoms with E-state index in [9.17, 15) is 0 Å². The van der Waals surface area contributed by atoms with Crippen LogP contribution in [-0.4, -0.2) is 19.0 Å². The molecule has 0 aromatic carbocycles. The molecular formula is C11H18O2. The highest BCUT2D eigenvalue weighted by atomic mass is 16.7. The van der Waals surface area contributed by atoms with E-state index < -0.39 is 5.79 Å². The second-order valence-corrected chi connectivity index (χ2v) is 3.76. The Balaban J connectivity index is 2.55. The molecule has 1 heterocycles. The Hall–Kier alpha value is -0.600. The third-order valence-electron chi connectivity index (χ3n) is 2.56. The topological polar surface area (TPSA) is 18.5 Å². The van der Waals surface area contributed by atoms with E-state index in [1.54, 1.807) is 12.2 Å². The SMILES string of the molecule is C=CC1(C=C)OCC(C(C)C)CO1. The summed E-state index contributed by atoms with van der Waals surface area (Å²) in [5.74, 6) is 0.325. The van der Waals surface area contributed by atoms with Crippen molar-refractivity contribution in [2.75, 3.05) is 13.2 Å². The van der Waals surface area contributed by atoms with Crippen LogP contribution >= 0.6 is 0 Å². The minimum Gasteiger partial charge on any atom is -0.343 e. The van der Waals surface area contributed by atoms with Crippen molar-refractivity contribution in [1.29, 1.82) is 0 Å². The minimum absolute atomic E-state index is 0.480. The molecule has 0 amide bonds. The summed E-state index contributed by atoms with van der Waals surface area (Å²) in [6.07, 6.45) is 3.30. The second kappa shape index (κ2) is 4.07. The molecule has 1 aliphatic rings. The molecule has 0 aromatic heterocycles. The van der Waals surface area contributed by atoms with Gasteiger partial charge in [0.1, 0.15) is 0 Å². The van der Waals surface area contributed by atoms with Crippen LogP contribution in [0.4, 0.5) is 0 Å². The molecule has 0 spiro atoms. The average molecular weight is 182 g/mol. The van der Waals surface area contributed by atoms with Crippen LogP contribution in [0.2, 0.25) is 0 Å². The summed E-state index contributed by atoms with van der Waals surface area (Å²) in [5, 5.41) is 0. The quantitative estimate of drug-likeness (QED) is 0.624. The first-order chi connectivity index (χ1) is 6.13. The third kappa shape index (κ3) is 2.20. The maximum absolute atomic E-state index is 5.58. The molecule has 0 aromatic rings. The molecule has 1 fully saturated rings. The Morgan fingerprint density at radius 3 is 2.00 bits per heavy atom. The fourth-order valence-electron chi connectivity index (χ4n) is 1.27. The summed E-state index contributed by atoms with van der Waals surface area (Å²) < 4.78 is 11.2. The molecule has 0 radical (unpaired) electrons. The Morgan fingerprint density at radius 1 is 1.23 bits per heavy atom. The smallest absolute Gasteiger partial charge is 0.207 e. The van der Waals surface area contributed by atoms with E-state index in [4.69, 9.17) is 9.47 Å². The fraction of sp³-hybridized carbons (Fsp3) is 0.636. The lowest BCUT2D eigenvalue weighted by atomic mass is 9.96. The van der Waals surface area contributed by atoms with Crippen molar-refractivity contribution in [2.24, 2.45) is 11.8 Å². The van der Waals surface area contributed by atoms with E-state index in [1.807, 2.05) is 0 Å². The molecule has 1 saturated heterocycles. The van der Waals surface area contributed by atoms with Crippen molar-refractivity contribution in [1.82, 2.24) is 0 Å². The zero-order valence-electron chi connectivity index (χ0n) is 8.45. The van der Waals surface area contributed by atoms with Gasteiger partial charge in [0, 0.05) is 5.92 Å². The molecule has 0 bridgehead atoms. The predicted molar refractivity (Wildman–Crippen MR) is 53.4 cm³/mol. The standard InChI is InChI=1S/C11H18O2/c1-5-11(6-2)12-7-10(8-13-11)9(3)4/h5-6,9-10H,1-2,7-8H2,3-4H3. The highest BCUT2D eigenvalue weighted by Crippen LogP contribution is 2.27. The van der Waals surface area contributed by atoms with Gasteiger partial charge in [0.25, 0.3) is 0 Å². The molecule has 0 aliphatic carbocycles. The Kier molecular flexibility index (Phi) is 3.28. The predicted octanol–water partition coefficient (Wildman–Crippen LogP) is 2.37. The Labute approximate surface area is 80.2 Å². The summed E-state index contributed by atoms with van der Waals surface area (Å²) in [6.45, 7) is 13.1. The van der Waals surface area contributed by atoms with E-state index >= 15 is 0 Å². The summed E-state index contributed by atoms with van der Waals surface area (Å²) in [7, 11) is 0. The van der Waals surface area contributed by atoms with Crippen LogP contribution in [0.1, 0.15) is 13.8 Å². The minimum atomic E-state index is -0.745. The molecule has 0 atom stereocenters. The number of hydrogen-bond acceptors (Lipinski definition) is 2. The van der Waals surface area contributed by atoms with Crippen molar-refractivity contribution < 1.29 is 9.47 Å². The van der Waals surface area contributed by atoms with Crippen LogP contribution in [0.15, 0.2) is 25.3 Å². The van der Waals surface area contributed by atoms with Crippen LogP contribution < -0.4 is 0 Å². The first-order valence-electron chi connectivity index (χ1n) is 4.68. The number of hydrogen-bond donors (Lipinski definition) is 0. The monoisotopic (exact) mass is 182 g/mol. The van der Waals surface area contributed by atoms with Gasteiger partial charge in [-0.2, -0.15) is 0 Å². The molecule has 1 rings (SSSR count). The summed E-state index contributed by atoms with van der Waals surface area (Å²) in [4.78, 5) is 0. The first kappa shape index (κ1) is 10.5. The molecule has 2 nitrogen and oxygen atoms in total. The largest absolute Gasteiger partial charge is 0.343 e. The molecule has 0 saturated carbocycles. The van der Waals surface area contributed by atoms with Crippen molar-refractivity contribution >= 4 is 0 Å². The highest BCUT2D eigenvalue weighted by molar-refractivity contribution is 5.04. The van der Waals surface area contributed by atoms with Gasteiger partial charge in [-0.05, 0) is 18.1 Å². The Bertz CT molecular complexity index is 178. The van der Waals surface area contributed by atoms with E-state index in [1.165, 1.54) is 0 Å². The van der Waals surface area contributed by atoms with Gasteiger partial charge in [0.15, 0.2) is 0 Å². The lowest BCUT2D eigenvalue weighted by Crippen LogP contribution is -2.42. The normalized spacial score (nSPS) is 23.0. The van der Waals surface area contributed by atoms with E-state index in [-0.39, 0.29) is 0 Å². The second-order valence-electron chi connectivity index (χ2n) is 3.76. The van der Waals surface area contributed by atoms with Crippen molar-refractivity contribution in [3.63, 3.8) is 0 Å². The average Bonchev–Trinajstić information content (AvgIpc) is 2.18. The zero-order valence-corrected chi connectivity index (χ0v) is 8.45. The van der Waals surface area contributed by atoms with Crippen LogP contribution in [0.25, 0.3) is 0 Å². The van der Waals surface area contributed by atoms with Gasteiger partial charge in [-0.1, -0.05) is 27.0 Å². The van der Waals surface area contributed by atoms with Gasteiger partial charge in [0.05, 0.1) is 13.2 Å². The van der Waals surface area contributed by atoms with Crippen molar-refractivity contribution in [3.05, 3.63) is 25.3 Å². The Morgan fingerprint density at radius 2 is 1.69 bits per heavy atom. The highest BCUT2D eigenvalue weighted by Gasteiger charge is 2.32. The van der Waals surface area contributed by atoms with Crippen LogP contribution in [0.3, 0.4) is 0 Å². The molecule has 13 heavy (non-hydrogen) atoms. The summed E-state index contributed by atoms with van der Waals surface area (Å²) >= 11 is 0.